The van der Waals surface area contributed by atoms with E-state index in [0.29, 0.717) is 6.54 Å². The highest BCUT2D eigenvalue weighted by molar-refractivity contribution is 5.02. The Morgan fingerprint density at radius 3 is 2.29 bits per heavy atom. The number of nitrogens with two attached hydrogens (primary N) is 1. The quantitative estimate of drug-likeness (QED) is 0.875. The highest BCUT2D eigenvalue weighted by Gasteiger charge is 2.25. The molecule has 1 aliphatic carbocycles. The smallest absolute Gasteiger partial charge is 0.147 e. The second kappa shape index (κ2) is 4.77. The maximum atomic E-state index is 5.75. The third-order valence-electron chi connectivity index (χ3n) is 3.60. The summed E-state index contributed by atoms with van der Waals surface area (Å²) < 4.78 is 2.23. The van der Waals surface area contributed by atoms with E-state index in [2.05, 4.69) is 35.5 Å². The topological polar surface area (TPSA) is 56.7 Å². The average molecular weight is 236 g/mol. The molecule has 17 heavy (non-hydrogen) atoms. The van der Waals surface area contributed by atoms with Gasteiger partial charge < -0.3 is 10.3 Å². The van der Waals surface area contributed by atoms with Gasteiger partial charge >= 0.3 is 0 Å². The van der Waals surface area contributed by atoms with Gasteiger partial charge in [0.05, 0.1) is 6.54 Å². The molecule has 1 aromatic heterocycles. The Morgan fingerprint density at radius 2 is 1.76 bits per heavy atom. The van der Waals surface area contributed by atoms with Crippen LogP contribution in [-0.4, -0.2) is 14.8 Å². The fourth-order valence-corrected chi connectivity index (χ4v) is 2.87. The number of rotatable bonds is 3. The van der Waals surface area contributed by atoms with Crippen LogP contribution in [0, 0.1) is 5.92 Å². The van der Waals surface area contributed by atoms with Crippen LogP contribution in [0.1, 0.15) is 58.1 Å². The van der Waals surface area contributed by atoms with Crippen LogP contribution in [0.25, 0.3) is 0 Å². The van der Waals surface area contributed by atoms with E-state index in [-0.39, 0.29) is 5.54 Å². The molecule has 2 N–H and O–H groups in total. The molecule has 1 saturated carbocycles. The lowest BCUT2D eigenvalue weighted by Gasteiger charge is -2.25. The fourth-order valence-electron chi connectivity index (χ4n) is 2.87. The van der Waals surface area contributed by atoms with Gasteiger partial charge in [-0.15, -0.1) is 10.2 Å². The zero-order valence-corrected chi connectivity index (χ0v) is 11.2. The zero-order valence-electron chi connectivity index (χ0n) is 11.2. The molecular formula is C13H24N4. The molecule has 0 radical (unpaired) electrons. The summed E-state index contributed by atoms with van der Waals surface area (Å²) in [6.07, 6.45) is 6.49. The summed E-state index contributed by atoms with van der Waals surface area (Å²) in [6.45, 7) is 7.03. The maximum Gasteiger partial charge on any atom is 0.147 e. The lowest BCUT2D eigenvalue weighted by molar-refractivity contribution is 0.359. The van der Waals surface area contributed by atoms with Gasteiger partial charge in [-0.05, 0) is 26.7 Å². The predicted molar refractivity (Wildman–Crippen MR) is 68.6 cm³/mol. The minimum absolute atomic E-state index is 0.0200. The molecule has 0 atom stereocenters. The van der Waals surface area contributed by atoms with Crippen molar-refractivity contribution in [3.63, 3.8) is 0 Å². The van der Waals surface area contributed by atoms with Crippen molar-refractivity contribution in [3.05, 3.63) is 11.6 Å². The van der Waals surface area contributed by atoms with E-state index in [4.69, 9.17) is 5.73 Å². The largest absolute Gasteiger partial charge is 0.324 e. The molecule has 4 nitrogen and oxygen atoms in total. The van der Waals surface area contributed by atoms with Crippen molar-refractivity contribution in [2.24, 2.45) is 11.7 Å². The van der Waals surface area contributed by atoms with Crippen molar-refractivity contribution in [3.8, 4) is 0 Å². The fraction of sp³-hybridized carbons (Fsp3) is 0.846. The van der Waals surface area contributed by atoms with Gasteiger partial charge in [-0.3, -0.25) is 0 Å². The summed E-state index contributed by atoms with van der Waals surface area (Å²) in [5.41, 5.74) is 5.77. The first-order valence-corrected chi connectivity index (χ1v) is 6.66. The number of hydrogen-bond donors (Lipinski definition) is 1. The van der Waals surface area contributed by atoms with Crippen molar-refractivity contribution < 1.29 is 0 Å². The summed E-state index contributed by atoms with van der Waals surface area (Å²) in [5, 5.41) is 8.58. The van der Waals surface area contributed by atoms with Crippen LogP contribution in [0.4, 0.5) is 0 Å². The van der Waals surface area contributed by atoms with Crippen LogP contribution in [0.5, 0.6) is 0 Å². The highest BCUT2D eigenvalue weighted by Crippen LogP contribution is 2.29. The van der Waals surface area contributed by atoms with E-state index in [1.807, 2.05) is 0 Å². The van der Waals surface area contributed by atoms with Gasteiger partial charge in [-0.1, -0.05) is 25.7 Å². The molecule has 0 bridgehead atoms. The van der Waals surface area contributed by atoms with E-state index < -0.39 is 0 Å². The number of hydrogen-bond acceptors (Lipinski definition) is 3. The van der Waals surface area contributed by atoms with Crippen LogP contribution in [0.2, 0.25) is 0 Å². The standard InChI is InChI=1S/C13H24N4/c1-13(2,3)17-11(15-16-12(17)9-14)8-10-6-4-5-7-10/h10H,4-9,14H2,1-3H3. The van der Waals surface area contributed by atoms with Gasteiger partial charge in [0.25, 0.3) is 0 Å². The van der Waals surface area contributed by atoms with Crippen molar-refractivity contribution in [2.45, 2.75) is 65.0 Å². The molecule has 0 amide bonds. The van der Waals surface area contributed by atoms with Gasteiger partial charge in [0, 0.05) is 12.0 Å². The summed E-state index contributed by atoms with van der Waals surface area (Å²) >= 11 is 0. The number of aromatic nitrogens is 3. The van der Waals surface area contributed by atoms with Crippen LogP contribution in [0.15, 0.2) is 0 Å². The van der Waals surface area contributed by atoms with Crippen molar-refractivity contribution in [1.29, 1.82) is 0 Å². The molecule has 96 valence electrons. The van der Waals surface area contributed by atoms with Crippen LogP contribution in [0.3, 0.4) is 0 Å². The van der Waals surface area contributed by atoms with E-state index >= 15 is 0 Å². The monoisotopic (exact) mass is 236 g/mol. The van der Waals surface area contributed by atoms with Gasteiger partial charge in [0.15, 0.2) is 0 Å². The molecular weight excluding hydrogens is 212 g/mol. The normalized spacial score (nSPS) is 17.9. The second-order valence-electron chi connectivity index (χ2n) is 6.10. The molecule has 0 spiro atoms. The Kier molecular flexibility index (Phi) is 3.52. The van der Waals surface area contributed by atoms with E-state index in [1.165, 1.54) is 25.7 Å². The Labute approximate surface area is 104 Å². The summed E-state index contributed by atoms with van der Waals surface area (Å²) in [7, 11) is 0. The minimum Gasteiger partial charge on any atom is -0.324 e. The molecule has 4 heteroatoms. The molecule has 0 aromatic carbocycles. The van der Waals surface area contributed by atoms with Crippen LogP contribution >= 0.6 is 0 Å². The van der Waals surface area contributed by atoms with E-state index in [0.717, 1.165) is 24.0 Å². The lowest BCUT2D eigenvalue weighted by atomic mass is 10.0. The van der Waals surface area contributed by atoms with Crippen LogP contribution < -0.4 is 5.73 Å². The van der Waals surface area contributed by atoms with Gasteiger partial charge in [0.1, 0.15) is 11.6 Å². The van der Waals surface area contributed by atoms with Crippen molar-refractivity contribution >= 4 is 0 Å². The SMILES string of the molecule is CC(C)(C)n1c(CN)nnc1CC1CCCC1. The molecule has 1 fully saturated rings. The maximum absolute atomic E-state index is 5.75. The van der Waals surface area contributed by atoms with Crippen LogP contribution in [-0.2, 0) is 18.5 Å². The summed E-state index contributed by atoms with van der Waals surface area (Å²) in [4.78, 5) is 0. The molecule has 0 unspecified atom stereocenters. The minimum atomic E-state index is 0.0200. The highest BCUT2D eigenvalue weighted by atomic mass is 15.3. The third-order valence-corrected chi connectivity index (χ3v) is 3.60. The first kappa shape index (κ1) is 12.6. The molecule has 0 saturated heterocycles. The molecule has 1 heterocycles. The molecule has 2 rings (SSSR count). The van der Waals surface area contributed by atoms with Gasteiger partial charge in [-0.2, -0.15) is 0 Å². The Balaban J connectivity index is 2.23. The summed E-state index contributed by atoms with van der Waals surface area (Å²) in [5.74, 6) is 2.82. The predicted octanol–water partition coefficient (Wildman–Crippen LogP) is 2.22. The average Bonchev–Trinajstić information content (AvgIpc) is 2.85. The second-order valence-corrected chi connectivity index (χ2v) is 6.10. The summed E-state index contributed by atoms with van der Waals surface area (Å²) in [6, 6.07) is 0. The van der Waals surface area contributed by atoms with Crippen molar-refractivity contribution in [1.82, 2.24) is 14.8 Å². The third kappa shape index (κ3) is 2.68. The number of nitrogens with zero attached hydrogens (tertiary/aromatic N) is 3. The molecule has 1 aliphatic rings. The van der Waals surface area contributed by atoms with E-state index in [1.54, 1.807) is 0 Å². The molecule has 1 aromatic rings. The Hall–Kier alpha value is -0.900. The zero-order chi connectivity index (χ0) is 12.5. The first-order chi connectivity index (χ1) is 8.02. The van der Waals surface area contributed by atoms with Gasteiger partial charge in [-0.25, -0.2) is 0 Å². The lowest BCUT2D eigenvalue weighted by Crippen LogP contribution is -2.28. The molecule has 0 aliphatic heterocycles. The van der Waals surface area contributed by atoms with Crippen molar-refractivity contribution in [2.75, 3.05) is 0 Å². The van der Waals surface area contributed by atoms with Gasteiger partial charge in [0.2, 0.25) is 0 Å². The Morgan fingerprint density at radius 1 is 1.18 bits per heavy atom. The Bertz CT molecular complexity index is 369. The van der Waals surface area contributed by atoms with E-state index in [9.17, 15) is 0 Å². The first-order valence-electron chi connectivity index (χ1n) is 6.66.